The fourth-order valence-corrected chi connectivity index (χ4v) is 7.35. The fraction of sp³-hybridized carbons (Fsp3) is 0.457. The van der Waals surface area contributed by atoms with Crippen molar-refractivity contribution in [2.45, 2.75) is 71.6 Å². The molecule has 0 aromatic heterocycles. The van der Waals surface area contributed by atoms with Crippen LogP contribution in [0.2, 0.25) is 0 Å². The summed E-state index contributed by atoms with van der Waals surface area (Å²) >= 11 is 0. The molecule has 0 aliphatic heterocycles. The van der Waals surface area contributed by atoms with E-state index in [-0.39, 0.29) is 6.04 Å². The van der Waals surface area contributed by atoms with Gasteiger partial charge < -0.3 is 15.9 Å². The third-order valence-corrected chi connectivity index (χ3v) is 9.51. The molecule has 5 N–H and O–H groups in total. The monoisotopic (exact) mass is 540 g/mol. The second-order valence-electron chi connectivity index (χ2n) is 12.2. The van der Waals surface area contributed by atoms with Gasteiger partial charge >= 0.3 is 5.97 Å². The first kappa shape index (κ1) is 28.4. The molecular formula is C35H44N2O3. The van der Waals surface area contributed by atoms with Crippen LogP contribution >= 0.6 is 0 Å². The van der Waals surface area contributed by atoms with Gasteiger partial charge in [0.1, 0.15) is 6.23 Å². The van der Waals surface area contributed by atoms with E-state index in [1.807, 2.05) is 25.1 Å². The van der Waals surface area contributed by atoms with E-state index in [1.54, 1.807) is 0 Å². The van der Waals surface area contributed by atoms with Gasteiger partial charge in [-0.2, -0.15) is 0 Å². The number of carbonyl (C=O) groups is 1. The number of aliphatic hydroxyl groups is 1. The summed E-state index contributed by atoms with van der Waals surface area (Å²) in [6.45, 7) is 6.31. The quantitative estimate of drug-likeness (QED) is 0.213. The number of hydrogen-bond acceptors (Lipinski definition) is 4. The zero-order chi connectivity index (χ0) is 28.4. The highest BCUT2D eigenvalue weighted by atomic mass is 16.4. The number of anilines is 1. The Labute approximate surface area is 238 Å². The van der Waals surface area contributed by atoms with Gasteiger partial charge in [-0.25, -0.2) is 0 Å². The van der Waals surface area contributed by atoms with Crippen molar-refractivity contribution in [2.24, 2.45) is 29.6 Å². The number of hydrogen-bond donors (Lipinski definition) is 4. The Balaban J connectivity index is 1.29. The van der Waals surface area contributed by atoms with Gasteiger partial charge in [0, 0.05) is 35.2 Å². The van der Waals surface area contributed by atoms with E-state index in [9.17, 15) is 15.0 Å². The maximum Gasteiger partial charge on any atom is 0.303 e. The van der Waals surface area contributed by atoms with Crippen LogP contribution in [0.1, 0.15) is 70.4 Å². The van der Waals surface area contributed by atoms with E-state index >= 15 is 0 Å². The zero-order valence-electron chi connectivity index (χ0n) is 24.0. The number of nitrogen functional groups attached to an aromatic ring is 1. The van der Waals surface area contributed by atoms with Gasteiger partial charge in [-0.05, 0) is 79.9 Å². The summed E-state index contributed by atoms with van der Waals surface area (Å²) in [6, 6.07) is 6.24. The van der Waals surface area contributed by atoms with E-state index in [0.29, 0.717) is 41.7 Å². The third-order valence-electron chi connectivity index (χ3n) is 9.51. The maximum absolute atomic E-state index is 11.2. The molecule has 0 bridgehead atoms. The largest absolute Gasteiger partial charge is 0.481 e. The second-order valence-corrected chi connectivity index (χ2v) is 12.2. The summed E-state index contributed by atoms with van der Waals surface area (Å²) in [5, 5.41) is 23.8. The van der Waals surface area contributed by atoms with Gasteiger partial charge in [-0.1, -0.05) is 85.7 Å². The summed E-state index contributed by atoms with van der Waals surface area (Å²) in [7, 11) is 0. The summed E-state index contributed by atoms with van der Waals surface area (Å²) in [6.07, 6.45) is 22.0. The van der Waals surface area contributed by atoms with Gasteiger partial charge in [-0.15, -0.1) is 0 Å². The lowest BCUT2D eigenvalue weighted by molar-refractivity contribution is -0.138. The molecule has 212 valence electrons. The maximum atomic E-state index is 11.2. The molecule has 2 fully saturated rings. The molecule has 5 nitrogen and oxygen atoms in total. The smallest absolute Gasteiger partial charge is 0.303 e. The van der Waals surface area contributed by atoms with Crippen LogP contribution in [0.4, 0.5) is 5.69 Å². The third kappa shape index (κ3) is 5.82. The molecule has 5 rings (SSSR count). The molecule has 6 unspecified atom stereocenters. The number of aliphatic hydroxyl groups excluding tert-OH is 1. The first-order chi connectivity index (χ1) is 19.3. The van der Waals surface area contributed by atoms with Crippen molar-refractivity contribution in [3.8, 4) is 0 Å². The average molecular weight is 541 g/mol. The van der Waals surface area contributed by atoms with Crippen LogP contribution in [-0.4, -0.2) is 28.5 Å². The van der Waals surface area contributed by atoms with Crippen molar-refractivity contribution < 1.29 is 15.0 Å². The Morgan fingerprint density at radius 3 is 2.67 bits per heavy atom. The predicted molar refractivity (Wildman–Crippen MR) is 164 cm³/mol. The Bertz CT molecular complexity index is 1310. The predicted octanol–water partition coefficient (Wildman–Crippen LogP) is 6.90. The van der Waals surface area contributed by atoms with Crippen LogP contribution in [-0.2, 0) is 4.79 Å². The molecule has 0 spiro atoms. The van der Waals surface area contributed by atoms with Crippen molar-refractivity contribution in [1.82, 2.24) is 5.32 Å². The minimum atomic E-state index is -0.823. The lowest BCUT2D eigenvalue weighted by atomic mass is 9.59. The molecular weight excluding hydrogens is 496 g/mol. The van der Waals surface area contributed by atoms with Crippen molar-refractivity contribution in [2.75, 3.05) is 5.73 Å². The summed E-state index contributed by atoms with van der Waals surface area (Å²) in [5.74, 6) is 1.70. The lowest BCUT2D eigenvalue weighted by Crippen LogP contribution is -2.41. The molecule has 4 aliphatic rings. The van der Waals surface area contributed by atoms with E-state index < -0.39 is 12.2 Å². The second kappa shape index (κ2) is 12.2. The zero-order valence-corrected chi connectivity index (χ0v) is 24.0. The van der Waals surface area contributed by atoms with Gasteiger partial charge in [0.15, 0.2) is 0 Å². The minimum Gasteiger partial charge on any atom is -0.481 e. The molecule has 1 aromatic carbocycles. The van der Waals surface area contributed by atoms with Crippen LogP contribution in [0.3, 0.4) is 0 Å². The molecule has 0 amide bonds. The SMILES string of the molecule is C/C=C(\c1ccc(C2=CC=C3C(C=C2)C2CCC(CC(=O)O)CCC32)cc1N)C(O)NC1CC=CC=C1C(C)C. The number of carboxylic acid groups (broad SMARTS) is 1. The van der Waals surface area contributed by atoms with E-state index in [2.05, 4.69) is 67.8 Å². The summed E-state index contributed by atoms with van der Waals surface area (Å²) < 4.78 is 0. The van der Waals surface area contributed by atoms with Crippen LogP contribution < -0.4 is 11.1 Å². The highest BCUT2D eigenvalue weighted by Gasteiger charge is 2.45. The van der Waals surface area contributed by atoms with E-state index in [4.69, 9.17) is 5.73 Å². The summed E-state index contributed by atoms with van der Waals surface area (Å²) in [5.41, 5.74) is 13.9. The van der Waals surface area contributed by atoms with Gasteiger partial charge in [0.2, 0.25) is 0 Å². The Hall–Kier alpha value is -3.15. The highest BCUT2D eigenvalue weighted by Crippen LogP contribution is 2.55. The first-order valence-electron chi connectivity index (χ1n) is 15.0. The topological polar surface area (TPSA) is 95.6 Å². The van der Waals surface area contributed by atoms with Crippen LogP contribution in [0.5, 0.6) is 0 Å². The molecule has 2 saturated carbocycles. The standard InChI is InChI=1S/C35H44N2O3/c1-4-25(35(40)37-33-8-6-5-7-26(33)21(2)3)31-18-13-24(20-32(31)36)23-11-16-29-27-14-9-22(19-34(38)39)10-15-28(27)30(29)17-12-23/h4-7,11-13,16-18,20-22,27-29,33,35,37,40H,8-10,14-15,19,36H2,1-3H3,(H,38,39)/b25-4+. The number of benzene rings is 1. The normalized spacial score (nSPS) is 28.8. The minimum absolute atomic E-state index is 0.0937. The van der Waals surface area contributed by atoms with Crippen molar-refractivity contribution in [1.29, 1.82) is 0 Å². The van der Waals surface area contributed by atoms with E-state index in [1.165, 1.54) is 11.1 Å². The highest BCUT2D eigenvalue weighted by molar-refractivity contribution is 5.83. The van der Waals surface area contributed by atoms with Gasteiger partial charge in [0.05, 0.1) is 0 Å². The number of carboxylic acids is 1. The van der Waals surface area contributed by atoms with Crippen LogP contribution in [0.15, 0.2) is 78.0 Å². The first-order valence-corrected chi connectivity index (χ1v) is 15.0. The van der Waals surface area contributed by atoms with Gasteiger partial charge in [-0.3, -0.25) is 10.1 Å². The van der Waals surface area contributed by atoms with Gasteiger partial charge in [0.25, 0.3) is 0 Å². The molecule has 5 heteroatoms. The molecule has 0 saturated heterocycles. The molecule has 1 aromatic rings. The van der Waals surface area contributed by atoms with Crippen molar-refractivity contribution in [3.05, 3.63) is 89.1 Å². The van der Waals surface area contributed by atoms with E-state index in [0.717, 1.165) is 54.4 Å². The lowest BCUT2D eigenvalue weighted by Gasteiger charge is -2.46. The average Bonchev–Trinajstić information content (AvgIpc) is 3.20. The Morgan fingerprint density at radius 2 is 1.95 bits per heavy atom. The number of aliphatic carboxylic acids is 1. The number of nitrogens with one attached hydrogen (secondary N) is 1. The molecule has 0 radical (unpaired) electrons. The van der Waals surface area contributed by atoms with Crippen LogP contribution in [0, 0.1) is 29.6 Å². The molecule has 6 atom stereocenters. The fourth-order valence-electron chi connectivity index (χ4n) is 7.35. The number of allylic oxidation sites excluding steroid dienone is 9. The molecule has 4 aliphatic carbocycles. The molecule has 40 heavy (non-hydrogen) atoms. The van der Waals surface area contributed by atoms with Crippen molar-refractivity contribution >= 4 is 22.8 Å². The summed E-state index contributed by atoms with van der Waals surface area (Å²) in [4.78, 5) is 11.2. The number of nitrogens with two attached hydrogens (primary N) is 1. The number of rotatable bonds is 8. The Morgan fingerprint density at radius 1 is 1.15 bits per heavy atom. The molecule has 0 heterocycles. The Kier molecular flexibility index (Phi) is 8.62. The van der Waals surface area contributed by atoms with Crippen molar-refractivity contribution in [3.63, 3.8) is 0 Å². The number of fused-ring (bicyclic) bond motifs is 4. The van der Waals surface area contributed by atoms with Crippen LogP contribution in [0.25, 0.3) is 11.1 Å².